The summed E-state index contributed by atoms with van der Waals surface area (Å²) in [5.41, 5.74) is 0. The Labute approximate surface area is 100 Å². The third-order valence-electron chi connectivity index (χ3n) is 3.49. The fourth-order valence-electron chi connectivity index (χ4n) is 2.20. The molecule has 0 radical (unpaired) electrons. The molecule has 1 aromatic rings. The average molecular weight is 238 g/mol. The Morgan fingerprint density at radius 1 is 1.38 bits per heavy atom. The first-order valence-corrected chi connectivity index (χ1v) is 6.89. The van der Waals surface area contributed by atoms with Crippen LogP contribution >= 0.6 is 11.5 Å². The third kappa shape index (κ3) is 2.06. The molecule has 1 unspecified atom stereocenters. The van der Waals surface area contributed by atoms with E-state index in [1.807, 2.05) is 0 Å². The Morgan fingerprint density at radius 3 is 2.94 bits per heavy atom. The van der Waals surface area contributed by atoms with Crippen molar-refractivity contribution in [2.75, 3.05) is 25.0 Å². The van der Waals surface area contributed by atoms with Crippen molar-refractivity contribution in [3.05, 3.63) is 5.82 Å². The topological polar surface area (TPSA) is 41.1 Å². The maximum Gasteiger partial charge on any atom is 0.205 e. The Balaban J connectivity index is 1.69. The molecule has 1 aromatic heterocycles. The van der Waals surface area contributed by atoms with E-state index in [2.05, 4.69) is 26.6 Å². The van der Waals surface area contributed by atoms with Crippen LogP contribution in [0.4, 0.5) is 5.13 Å². The zero-order chi connectivity index (χ0) is 11.0. The van der Waals surface area contributed by atoms with Crippen molar-refractivity contribution in [2.45, 2.75) is 37.6 Å². The van der Waals surface area contributed by atoms with Gasteiger partial charge in [-0.2, -0.15) is 4.37 Å². The van der Waals surface area contributed by atoms with Crippen LogP contribution in [0.1, 0.15) is 37.4 Å². The van der Waals surface area contributed by atoms with Crippen LogP contribution in [0.2, 0.25) is 0 Å². The lowest BCUT2D eigenvalue weighted by molar-refractivity contribution is 0.444. The Hall–Kier alpha value is -0.680. The number of aromatic nitrogens is 2. The molecule has 5 heteroatoms. The smallest absolute Gasteiger partial charge is 0.205 e. The van der Waals surface area contributed by atoms with Crippen molar-refractivity contribution in [1.29, 1.82) is 0 Å². The van der Waals surface area contributed by atoms with E-state index in [9.17, 15) is 0 Å². The number of piperidine rings is 1. The molecule has 0 amide bonds. The summed E-state index contributed by atoms with van der Waals surface area (Å²) in [4.78, 5) is 6.95. The predicted octanol–water partition coefficient (Wildman–Crippen LogP) is 1.60. The second-order valence-corrected chi connectivity index (χ2v) is 5.55. The highest BCUT2D eigenvalue weighted by molar-refractivity contribution is 7.09. The molecular formula is C11H18N4S. The lowest BCUT2D eigenvalue weighted by atomic mass is 10.1. The Morgan fingerprint density at radius 2 is 2.25 bits per heavy atom. The summed E-state index contributed by atoms with van der Waals surface area (Å²) in [5.74, 6) is 1.75. The molecule has 1 N–H and O–H groups in total. The number of likely N-dealkylation sites (N-methyl/N-ethyl adjacent to an activating group) is 1. The molecule has 1 saturated carbocycles. The maximum atomic E-state index is 4.65. The van der Waals surface area contributed by atoms with E-state index in [0.29, 0.717) is 12.0 Å². The van der Waals surface area contributed by atoms with Crippen LogP contribution in [0, 0.1) is 0 Å². The number of rotatable bonds is 3. The van der Waals surface area contributed by atoms with Crippen molar-refractivity contribution < 1.29 is 0 Å². The van der Waals surface area contributed by atoms with Gasteiger partial charge in [0.25, 0.3) is 0 Å². The van der Waals surface area contributed by atoms with Crippen LogP contribution in [-0.4, -0.2) is 35.5 Å². The lowest BCUT2D eigenvalue weighted by Gasteiger charge is -2.31. The number of anilines is 1. The molecule has 1 aliphatic carbocycles. The highest BCUT2D eigenvalue weighted by Crippen LogP contribution is 2.39. The first-order valence-electron chi connectivity index (χ1n) is 6.12. The largest absolute Gasteiger partial charge is 0.346 e. The molecule has 2 heterocycles. The van der Waals surface area contributed by atoms with E-state index in [4.69, 9.17) is 0 Å². The van der Waals surface area contributed by atoms with E-state index in [0.717, 1.165) is 24.0 Å². The van der Waals surface area contributed by atoms with Gasteiger partial charge in [-0.3, -0.25) is 0 Å². The Kier molecular flexibility index (Phi) is 2.81. The van der Waals surface area contributed by atoms with E-state index in [1.165, 1.54) is 25.7 Å². The van der Waals surface area contributed by atoms with Gasteiger partial charge in [-0.15, -0.1) is 0 Å². The highest BCUT2D eigenvalue weighted by atomic mass is 32.1. The van der Waals surface area contributed by atoms with E-state index >= 15 is 0 Å². The fraction of sp³-hybridized carbons (Fsp3) is 0.818. The van der Waals surface area contributed by atoms with Gasteiger partial charge in [-0.05, 0) is 32.2 Å². The molecule has 2 aliphatic rings. The molecule has 1 saturated heterocycles. The SMILES string of the molecule is CN(c1nc(C2CC2)ns1)C1CCCNC1. The summed E-state index contributed by atoms with van der Waals surface area (Å²) in [6.45, 7) is 2.24. The molecule has 16 heavy (non-hydrogen) atoms. The number of nitrogens with one attached hydrogen (secondary N) is 1. The molecule has 0 bridgehead atoms. The second kappa shape index (κ2) is 4.30. The minimum absolute atomic E-state index is 0.591. The van der Waals surface area contributed by atoms with E-state index in [1.54, 1.807) is 11.5 Å². The normalized spacial score (nSPS) is 25.7. The molecule has 0 aromatic carbocycles. The average Bonchev–Trinajstić information content (AvgIpc) is 3.08. The third-order valence-corrected chi connectivity index (χ3v) is 4.31. The molecule has 88 valence electrons. The van der Waals surface area contributed by atoms with Crippen molar-refractivity contribution in [3.63, 3.8) is 0 Å². The quantitative estimate of drug-likeness (QED) is 0.868. The summed E-state index contributed by atoms with van der Waals surface area (Å²) in [6.07, 6.45) is 5.10. The van der Waals surface area contributed by atoms with Crippen molar-refractivity contribution >= 4 is 16.7 Å². The first kappa shape index (κ1) is 10.5. The van der Waals surface area contributed by atoms with Gasteiger partial charge in [0.1, 0.15) is 5.82 Å². The summed E-state index contributed by atoms with van der Waals surface area (Å²) >= 11 is 1.56. The Bertz CT molecular complexity index is 355. The molecule has 1 aliphatic heterocycles. The second-order valence-electron chi connectivity index (χ2n) is 4.82. The van der Waals surface area contributed by atoms with Crippen LogP contribution in [0.5, 0.6) is 0 Å². The van der Waals surface area contributed by atoms with Crippen molar-refractivity contribution in [3.8, 4) is 0 Å². The first-order chi connectivity index (χ1) is 7.84. The van der Waals surface area contributed by atoms with E-state index in [-0.39, 0.29) is 0 Å². The number of hydrogen-bond acceptors (Lipinski definition) is 5. The standard InChI is InChI=1S/C11H18N4S/c1-15(9-3-2-6-12-7-9)11-13-10(14-16-11)8-4-5-8/h8-9,12H,2-7H2,1H3. The van der Waals surface area contributed by atoms with Crippen LogP contribution in [0.25, 0.3) is 0 Å². The van der Waals surface area contributed by atoms with Crippen molar-refractivity contribution in [1.82, 2.24) is 14.7 Å². The van der Waals surface area contributed by atoms with Gasteiger partial charge in [0.2, 0.25) is 5.13 Å². The molecule has 0 spiro atoms. The predicted molar refractivity (Wildman–Crippen MR) is 66.2 cm³/mol. The molecule has 2 fully saturated rings. The highest BCUT2D eigenvalue weighted by Gasteiger charge is 2.29. The summed E-state index contributed by atoms with van der Waals surface area (Å²) < 4.78 is 4.46. The van der Waals surface area contributed by atoms with Gasteiger partial charge < -0.3 is 10.2 Å². The lowest BCUT2D eigenvalue weighted by Crippen LogP contribution is -2.44. The van der Waals surface area contributed by atoms with Gasteiger partial charge in [0.15, 0.2) is 0 Å². The van der Waals surface area contributed by atoms with Crippen molar-refractivity contribution in [2.24, 2.45) is 0 Å². The van der Waals surface area contributed by atoms with Gasteiger partial charge in [-0.25, -0.2) is 4.98 Å². The molecule has 3 rings (SSSR count). The summed E-state index contributed by atoms with van der Waals surface area (Å²) in [5, 5.41) is 4.54. The minimum atomic E-state index is 0.591. The van der Waals surface area contributed by atoms with Gasteiger partial charge in [0.05, 0.1) is 0 Å². The fourth-order valence-corrected chi connectivity index (χ4v) is 2.97. The number of hydrogen-bond donors (Lipinski definition) is 1. The van der Waals surface area contributed by atoms with Crippen LogP contribution in [0.15, 0.2) is 0 Å². The van der Waals surface area contributed by atoms with Crippen LogP contribution in [-0.2, 0) is 0 Å². The molecule has 1 atom stereocenters. The van der Waals surface area contributed by atoms with Crippen LogP contribution in [0.3, 0.4) is 0 Å². The summed E-state index contributed by atoms with van der Waals surface area (Å²) in [7, 11) is 2.15. The maximum absolute atomic E-state index is 4.65. The van der Waals surface area contributed by atoms with Gasteiger partial charge in [0, 0.05) is 37.1 Å². The minimum Gasteiger partial charge on any atom is -0.346 e. The van der Waals surface area contributed by atoms with Gasteiger partial charge in [-0.1, -0.05) is 0 Å². The zero-order valence-corrected chi connectivity index (χ0v) is 10.5. The number of nitrogens with zero attached hydrogens (tertiary/aromatic N) is 3. The van der Waals surface area contributed by atoms with Crippen LogP contribution < -0.4 is 10.2 Å². The monoisotopic (exact) mass is 238 g/mol. The summed E-state index contributed by atoms with van der Waals surface area (Å²) in [6, 6.07) is 0.591. The molecular weight excluding hydrogens is 220 g/mol. The van der Waals surface area contributed by atoms with Gasteiger partial charge >= 0.3 is 0 Å². The molecule has 4 nitrogen and oxygen atoms in total. The van der Waals surface area contributed by atoms with E-state index < -0.39 is 0 Å². The zero-order valence-electron chi connectivity index (χ0n) is 9.65.